The Kier molecular flexibility index (Phi) is 7.05. The molecule has 0 saturated heterocycles. The van der Waals surface area contributed by atoms with Crippen LogP contribution in [0.1, 0.15) is 58.8 Å². The first-order chi connectivity index (χ1) is 16.8. The zero-order chi connectivity index (χ0) is 25.2. The molecule has 184 valence electrons. The predicted molar refractivity (Wildman–Crippen MR) is 144 cm³/mol. The number of methoxy groups -OCH3 is 1. The molecule has 0 fully saturated rings. The maximum absolute atomic E-state index is 5.56. The van der Waals surface area contributed by atoms with E-state index in [0.29, 0.717) is 11.6 Å². The van der Waals surface area contributed by atoms with Gasteiger partial charge in [-0.05, 0) is 56.2 Å². The van der Waals surface area contributed by atoms with Gasteiger partial charge in [0.1, 0.15) is 11.5 Å². The van der Waals surface area contributed by atoms with E-state index in [-0.39, 0.29) is 5.41 Å². The molecule has 0 N–H and O–H groups in total. The Morgan fingerprint density at radius 3 is 2.43 bits per heavy atom. The van der Waals surface area contributed by atoms with Crippen molar-refractivity contribution in [2.24, 2.45) is 15.5 Å². The first-order valence-corrected chi connectivity index (χ1v) is 12.4. The van der Waals surface area contributed by atoms with E-state index >= 15 is 0 Å². The largest absolute Gasteiger partial charge is 0.496 e. The average molecular weight is 473 g/mol. The highest BCUT2D eigenvalue weighted by Gasteiger charge is 2.36. The van der Waals surface area contributed by atoms with Gasteiger partial charge in [0.2, 0.25) is 5.82 Å². The second-order valence-corrected chi connectivity index (χ2v) is 9.92. The first-order valence-electron chi connectivity index (χ1n) is 12.4. The van der Waals surface area contributed by atoms with E-state index in [1.165, 1.54) is 18.5 Å². The number of aromatic nitrogens is 3. The van der Waals surface area contributed by atoms with Gasteiger partial charge in [-0.1, -0.05) is 46.2 Å². The Morgan fingerprint density at radius 1 is 1.03 bits per heavy atom. The van der Waals surface area contributed by atoms with Crippen molar-refractivity contribution in [1.29, 1.82) is 0 Å². The second kappa shape index (κ2) is 10.0. The van der Waals surface area contributed by atoms with Crippen molar-refractivity contribution < 1.29 is 4.74 Å². The van der Waals surface area contributed by atoms with E-state index in [9.17, 15) is 0 Å². The Morgan fingerprint density at radius 2 is 1.77 bits per heavy atom. The zero-order valence-electron chi connectivity index (χ0n) is 22.0. The number of fused-ring (bicyclic) bond motifs is 1. The van der Waals surface area contributed by atoms with Crippen molar-refractivity contribution in [3.8, 4) is 17.1 Å². The molecule has 1 aromatic heterocycles. The Hall–Kier alpha value is -3.48. The average Bonchev–Trinajstić information content (AvgIpc) is 3.41. The van der Waals surface area contributed by atoms with Gasteiger partial charge in [-0.2, -0.15) is 9.78 Å². The van der Waals surface area contributed by atoms with E-state index in [4.69, 9.17) is 14.8 Å². The number of unbranched alkanes of at least 4 members (excludes halogenated alkanes) is 1. The molecule has 0 unspecified atom stereocenters. The molecule has 0 radical (unpaired) electrons. The molecule has 2 heterocycles. The summed E-state index contributed by atoms with van der Waals surface area (Å²) in [5.74, 6) is 2.03. The molecule has 7 heteroatoms. The molecule has 3 aromatic rings. The number of hydrogen-bond acceptors (Lipinski definition) is 6. The van der Waals surface area contributed by atoms with Gasteiger partial charge in [0, 0.05) is 24.2 Å². The number of nitrogens with zero attached hydrogens (tertiary/aromatic N) is 6. The molecule has 35 heavy (non-hydrogen) atoms. The van der Waals surface area contributed by atoms with Gasteiger partial charge in [0.15, 0.2) is 5.82 Å². The molecule has 2 aromatic carbocycles. The third-order valence-corrected chi connectivity index (χ3v) is 6.28. The lowest BCUT2D eigenvalue weighted by Crippen LogP contribution is -2.27. The van der Waals surface area contributed by atoms with E-state index in [1.54, 1.807) is 11.8 Å². The van der Waals surface area contributed by atoms with Crippen molar-refractivity contribution >= 4 is 22.8 Å². The molecule has 0 amide bonds. The first kappa shape index (κ1) is 24.6. The summed E-state index contributed by atoms with van der Waals surface area (Å²) in [6.45, 7) is 15.0. The van der Waals surface area contributed by atoms with Gasteiger partial charge < -0.3 is 9.64 Å². The van der Waals surface area contributed by atoms with E-state index in [0.717, 1.165) is 47.1 Å². The number of hydrogen-bond donors (Lipinski definition) is 0. The molecule has 7 nitrogen and oxygen atoms in total. The lowest BCUT2D eigenvalue weighted by Gasteiger charge is -2.23. The number of aliphatic imine (C=N–C) groups is 1. The fourth-order valence-corrected chi connectivity index (χ4v) is 4.28. The molecule has 0 saturated carbocycles. The number of benzene rings is 2. The molecular weight excluding hydrogens is 436 g/mol. The lowest BCUT2D eigenvalue weighted by atomic mass is 9.87. The normalized spacial score (nSPS) is 14.3. The summed E-state index contributed by atoms with van der Waals surface area (Å²) >= 11 is 0. The van der Waals surface area contributed by atoms with E-state index in [2.05, 4.69) is 74.8 Å². The standard InChI is InChI=1S/C28H36N6O/c1-8-10-17-33(9-2)20-15-16-22(19(3)18-20)29-24-25(28(4,5)6)32-34-26(30-31-27(24)34)21-13-11-12-14-23(21)35-7/h11-16,18H,8-10,17H2,1-7H3. The minimum atomic E-state index is -0.218. The van der Waals surface area contributed by atoms with Crippen LogP contribution in [0.25, 0.3) is 11.4 Å². The van der Waals surface area contributed by atoms with Crippen LogP contribution in [0, 0.1) is 12.3 Å². The lowest BCUT2D eigenvalue weighted by molar-refractivity contribution is 0.416. The van der Waals surface area contributed by atoms with Crippen LogP contribution in [0.5, 0.6) is 5.75 Å². The summed E-state index contributed by atoms with van der Waals surface area (Å²) in [7, 11) is 1.66. The summed E-state index contributed by atoms with van der Waals surface area (Å²) in [5.41, 5.74) is 5.56. The fraction of sp³-hybridized carbons (Fsp3) is 0.429. The topological polar surface area (TPSA) is 67.9 Å². The second-order valence-electron chi connectivity index (χ2n) is 9.92. The highest BCUT2D eigenvalue weighted by atomic mass is 16.5. The van der Waals surface area contributed by atoms with Crippen LogP contribution in [0.3, 0.4) is 0 Å². The SMILES string of the molecule is CCCCN(CC)c1ccc(N=C2C(C(C)(C)C)=Nn3c2nnc3-c2ccccc2OC)c(C)c1. The maximum Gasteiger partial charge on any atom is 0.205 e. The van der Waals surface area contributed by atoms with Crippen molar-refractivity contribution in [1.82, 2.24) is 14.9 Å². The maximum atomic E-state index is 5.56. The van der Waals surface area contributed by atoms with Gasteiger partial charge in [-0.3, -0.25) is 0 Å². The van der Waals surface area contributed by atoms with Gasteiger partial charge in [0.05, 0.1) is 24.1 Å². The van der Waals surface area contributed by atoms with Gasteiger partial charge in [-0.25, -0.2) is 4.99 Å². The Bertz CT molecular complexity index is 1260. The highest BCUT2D eigenvalue weighted by molar-refractivity contribution is 6.50. The minimum absolute atomic E-state index is 0.218. The molecule has 0 spiro atoms. The molecule has 1 aliphatic rings. The van der Waals surface area contributed by atoms with Crippen LogP contribution in [-0.2, 0) is 0 Å². The van der Waals surface area contributed by atoms with Crippen LogP contribution in [0.2, 0.25) is 0 Å². The summed E-state index contributed by atoms with van der Waals surface area (Å²) < 4.78 is 7.36. The predicted octanol–water partition coefficient (Wildman–Crippen LogP) is 6.27. The number of rotatable bonds is 8. The van der Waals surface area contributed by atoms with Gasteiger partial charge in [-0.15, -0.1) is 10.2 Å². The van der Waals surface area contributed by atoms with Crippen LogP contribution in [0.4, 0.5) is 11.4 Å². The summed E-state index contributed by atoms with van der Waals surface area (Å²) in [6, 6.07) is 14.3. The van der Waals surface area contributed by atoms with Crippen LogP contribution >= 0.6 is 0 Å². The Balaban J connectivity index is 1.78. The fourth-order valence-electron chi connectivity index (χ4n) is 4.28. The monoisotopic (exact) mass is 472 g/mol. The number of aryl methyl sites for hydroxylation is 1. The highest BCUT2D eigenvalue weighted by Crippen LogP contribution is 2.34. The zero-order valence-corrected chi connectivity index (χ0v) is 22.0. The third kappa shape index (κ3) is 4.85. The third-order valence-electron chi connectivity index (χ3n) is 6.28. The van der Waals surface area contributed by atoms with Crippen molar-refractivity contribution in [3.05, 3.63) is 53.9 Å². The minimum Gasteiger partial charge on any atom is -0.496 e. The molecule has 0 bridgehead atoms. The molecular formula is C28H36N6O. The van der Waals surface area contributed by atoms with E-state index in [1.807, 2.05) is 24.3 Å². The summed E-state index contributed by atoms with van der Waals surface area (Å²) in [4.78, 5) is 7.52. The summed E-state index contributed by atoms with van der Waals surface area (Å²) in [6.07, 6.45) is 2.38. The quantitative estimate of drug-likeness (QED) is 0.387. The Labute approximate surface area is 208 Å². The molecule has 1 aliphatic heterocycles. The van der Waals surface area contributed by atoms with Crippen molar-refractivity contribution in [2.75, 3.05) is 25.1 Å². The molecule has 0 aliphatic carbocycles. The van der Waals surface area contributed by atoms with Gasteiger partial charge >= 0.3 is 0 Å². The van der Waals surface area contributed by atoms with Crippen LogP contribution in [-0.4, -0.2) is 46.5 Å². The molecule has 4 rings (SSSR count). The smallest absolute Gasteiger partial charge is 0.205 e. The van der Waals surface area contributed by atoms with Crippen molar-refractivity contribution in [2.45, 2.75) is 54.4 Å². The molecule has 0 atom stereocenters. The number of para-hydroxylation sites is 1. The van der Waals surface area contributed by atoms with Crippen LogP contribution < -0.4 is 9.64 Å². The van der Waals surface area contributed by atoms with E-state index < -0.39 is 0 Å². The number of ether oxygens (including phenoxy) is 1. The summed E-state index contributed by atoms with van der Waals surface area (Å²) in [5, 5.41) is 13.9. The van der Waals surface area contributed by atoms with Gasteiger partial charge in [0.25, 0.3) is 0 Å². The number of anilines is 1. The van der Waals surface area contributed by atoms with Crippen molar-refractivity contribution in [3.63, 3.8) is 0 Å². The van der Waals surface area contributed by atoms with Crippen LogP contribution in [0.15, 0.2) is 52.6 Å².